The Balaban J connectivity index is 1.74. The van der Waals surface area contributed by atoms with E-state index in [0.717, 1.165) is 11.4 Å². The summed E-state index contributed by atoms with van der Waals surface area (Å²) in [5.41, 5.74) is 3.06. The van der Waals surface area contributed by atoms with Gasteiger partial charge < -0.3 is 5.32 Å². The fourth-order valence-corrected chi connectivity index (χ4v) is 3.98. The van der Waals surface area contributed by atoms with Crippen molar-refractivity contribution in [2.75, 3.05) is 4.90 Å². The SMILES string of the molecule is CC(=O)N(c1ccccc1)c1nc(CN[C@H](c2ccccc2)C(C)C)cs1. The molecule has 5 heteroatoms. The van der Waals surface area contributed by atoms with Gasteiger partial charge in [-0.3, -0.25) is 9.69 Å². The summed E-state index contributed by atoms with van der Waals surface area (Å²) in [5.74, 6) is 0.419. The molecule has 27 heavy (non-hydrogen) atoms. The summed E-state index contributed by atoms with van der Waals surface area (Å²) in [5, 5.41) is 6.33. The summed E-state index contributed by atoms with van der Waals surface area (Å²) in [4.78, 5) is 18.5. The molecule has 1 atom stereocenters. The van der Waals surface area contributed by atoms with Gasteiger partial charge in [0.15, 0.2) is 5.13 Å². The number of para-hydroxylation sites is 1. The highest BCUT2D eigenvalue weighted by molar-refractivity contribution is 7.14. The highest BCUT2D eigenvalue weighted by atomic mass is 32.1. The van der Waals surface area contributed by atoms with E-state index in [1.165, 1.54) is 16.9 Å². The highest BCUT2D eigenvalue weighted by Gasteiger charge is 2.19. The Labute approximate surface area is 164 Å². The zero-order valence-electron chi connectivity index (χ0n) is 15.9. The van der Waals surface area contributed by atoms with E-state index in [-0.39, 0.29) is 11.9 Å². The number of hydrogen-bond donors (Lipinski definition) is 1. The lowest BCUT2D eigenvalue weighted by atomic mass is 9.96. The summed E-state index contributed by atoms with van der Waals surface area (Å²) in [6, 6.07) is 20.4. The predicted molar refractivity (Wildman–Crippen MR) is 112 cm³/mol. The molecular weight excluding hydrogens is 354 g/mol. The van der Waals surface area contributed by atoms with E-state index in [9.17, 15) is 4.79 Å². The maximum Gasteiger partial charge on any atom is 0.230 e. The maximum atomic E-state index is 12.2. The van der Waals surface area contributed by atoms with Crippen molar-refractivity contribution in [2.45, 2.75) is 33.4 Å². The molecule has 1 heterocycles. The highest BCUT2D eigenvalue weighted by Crippen LogP contribution is 2.29. The molecule has 0 saturated carbocycles. The molecule has 140 valence electrons. The van der Waals surface area contributed by atoms with Crippen LogP contribution in [-0.2, 0) is 11.3 Å². The van der Waals surface area contributed by atoms with E-state index in [4.69, 9.17) is 4.98 Å². The third-order valence-electron chi connectivity index (χ3n) is 4.39. The van der Waals surface area contributed by atoms with Gasteiger partial charge in [-0.2, -0.15) is 0 Å². The van der Waals surface area contributed by atoms with Crippen molar-refractivity contribution in [3.8, 4) is 0 Å². The molecule has 1 aromatic heterocycles. The summed E-state index contributed by atoms with van der Waals surface area (Å²) in [7, 11) is 0. The van der Waals surface area contributed by atoms with Gasteiger partial charge in [0.05, 0.1) is 11.4 Å². The summed E-state index contributed by atoms with van der Waals surface area (Å²) in [6.45, 7) is 6.65. The number of benzene rings is 2. The van der Waals surface area contributed by atoms with E-state index >= 15 is 0 Å². The molecule has 3 rings (SSSR count). The molecule has 0 aliphatic heterocycles. The number of nitrogens with one attached hydrogen (secondary N) is 1. The monoisotopic (exact) mass is 379 g/mol. The first-order chi connectivity index (χ1) is 13.1. The Hall–Kier alpha value is -2.50. The second-order valence-electron chi connectivity index (χ2n) is 6.82. The van der Waals surface area contributed by atoms with Crippen molar-refractivity contribution in [3.05, 3.63) is 77.3 Å². The minimum absolute atomic E-state index is 0.0422. The number of carbonyl (C=O) groups is 1. The van der Waals surface area contributed by atoms with Crippen molar-refractivity contribution in [1.29, 1.82) is 0 Å². The number of hydrogen-bond acceptors (Lipinski definition) is 4. The summed E-state index contributed by atoms with van der Waals surface area (Å²) < 4.78 is 0. The van der Waals surface area contributed by atoms with E-state index in [2.05, 4.69) is 43.4 Å². The van der Waals surface area contributed by atoms with E-state index in [1.807, 2.05) is 41.8 Å². The number of thiazole rings is 1. The molecular formula is C22H25N3OS. The molecule has 0 aliphatic rings. The van der Waals surface area contributed by atoms with Crippen molar-refractivity contribution in [3.63, 3.8) is 0 Å². The fourth-order valence-electron chi connectivity index (χ4n) is 3.10. The van der Waals surface area contributed by atoms with Crippen LogP contribution in [0.15, 0.2) is 66.0 Å². The Morgan fingerprint density at radius 3 is 2.30 bits per heavy atom. The number of carbonyl (C=O) groups excluding carboxylic acids is 1. The van der Waals surface area contributed by atoms with E-state index < -0.39 is 0 Å². The third kappa shape index (κ3) is 4.81. The number of anilines is 2. The standard InChI is InChI=1S/C22H25N3OS/c1-16(2)21(18-10-6-4-7-11-18)23-14-19-15-27-22(24-19)25(17(3)26)20-12-8-5-9-13-20/h4-13,15-16,21,23H,14H2,1-3H3/t21-/m0/s1. The quantitative estimate of drug-likeness (QED) is 0.605. The van der Waals surface area contributed by atoms with Crippen LogP contribution in [0.5, 0.6) is 0 Å². The molecule has 0 saturated heterocycles. The third-order valence-corrected chi connectivity index (χ3v) is 5.26. The fraction of sp³-hybridized carbons (Fsp3) is 0.273. The normalized spacial score (nSPS) is 12.1. The van der Waals surface area contributed by atoms with Crippen LogP contribution in [0.4, 0.5) is 10.8 Å². The van der Waals surface area contributed by atoms with Gasteiger partial charge in [-0.05, 0) is 23.6 Å². The Bertz CT molecular complexity index is 862. The van der Waals surface area contributed by atoms with Crippen LogP contribution in [0.25, 0.3) is 0 Å². The summed E-state index contributed by atoms with van der Waals surface area (Å²) >= 11 is 1.49. The second kappa shape index (κ2) is 8.93. The molecule has 0 spiro atoms. The van der Waals surface area contributed by atoms with Crippen molar-refractivity contribution in [1.82, 2.24) is 10.3 Å². The molecule has 0 radical (unpaired) electrons. The molecule has 3 aromatic rings. The van der Waals surface area contributed by atoms with Crippen LogP contribution in [0.3, 0.4) is 0 Å². The first-order valence-electron chi connectivity index (χ1n) is 9.14. The van der Waals surface area contributed by atoms with Gasteiger partial charge in [0.1, 0.15) is 0 Å². The molecule has 2 aromatic carbocycles. The van der Waals surface area contributed by atoms with Gasteiger partial charge in [-0.1, -0.05) is 62.4 Å². The minimum Gasteiger partial charge on any atom is -0.304 e. The second-order valence-corrected chi connectivity index (χ2v) is 7.66. The first kappa shape index (κ1) is 19.3. The largest absolute Gasteiger partial charge is 0.304 e. The Kier molecular flexibility index (Phi) is 6.37. The van der Waals surface area contributed by atoms with Gasteiger partial charge in [0.25, 0.3) is 0 Å². The number of aromatic nitrogens is 1. The van der Waals surface area contributed by atoms with Crippen molar-refractivity contribution in [2.24, 2.45) is 5.92 Å². The zero-order chi connectivity index (χ0) is 19.2. The number of nitrogens with zero attached hydrogens (tertiary/aromatic N) is 2. The van der Waals surface area contributed by atoms with Crippen LogP contribution >= 0.6 is 11.3 Å². The number of rotatable bonds is 7. The number of amides is 1. The lowest BCUT2D eigenvalue weighted by Crippen LogP contribution is -2.26. The lowest BCUT2D eigenvalue weighted by Gasteiger charge is -2.22. The smallest absolute Gasteiger partial charge is 0.230 e. The summed E-state index contributed by atoms with van der Waals surface area (Å²) in [6.07, 6.45) is 0. The molecule has 0 unspecified atom stereocenters. The molecule has 0 aliphatic carbocycles. The van der Waals surface area contributed by atoms with E-state index in [0.29, 0.717) is 17.6 Å². The maximum absolute atomic E-state index is 12.2. The molecule has 0 bridgehead atoms. The van der Waals surface area contributed by atoms with Crippen LogP contribution in [0.2, 0.25) is 0 Å². The van der Waals surface area contributed by atoms with Crippen molar-refractivity contribution >= 4 is 28.1 Å². The topological polar surface area (TPSA) is 45.2 Å². The zero-order valence-corrected chi connectivity index (χ0v) is 16.7. The molecule has 4 nitrogen and oxygen atoms in total. The van der Waals surface area contributed by atoms with Crippen LogP contribution < -0.4 is 10.2 Å². The predicted octanol–water partition coefficient (Wildman–Crippen LogP) is 5.31. The van der Waals surface area contributed by atoms with Gasteiger partial charge in [-0.15, -0.1) is 11.3 Å². The lowest BCUT2D eigenvalue weighted by molar-refractivity contribution is -0.115. The molecule has 1 amide bonds. The Morgan fingerprint density at radius 1 is 1.07 bits per heavy atom. The van der Waals surface area contributed by atoms with Gasteiger partial charge in [-0.25, -0.2) is 4.98 Å². The molecule has 1 N–H and O–H groups in total. The molecule has 0 fully saturated rings. The van der Waals surface area contributed by atoms with Gasteiger partial charge >= 0.3 is 0 Å². The van der Waals surface area contributed by atoms with Gasteiger partial charge in [0.2, 0.25) is 5.91 Å². The first-order valence-corrected chi connectivity index (χ1v) is 10.0. The van der Waals surface area contributed by atoms with Crippen LogP contribution in [0.1, 0.15) is 38.1 Å². The van der Waals surface area contributed by atoms with Gasteiger partial charge in [0, 0.05) is 24.9 Å². The van der Waals surface area contributed by atoms with Crippen LogP contribution in [0, 0.1) is 5.92 Å². The van der Waals surface area contributed by atoms with Crippen LogP contribution in [-0.4, -0.2) is 10.9 Å². The van der Waals surface area contributed by atoms with E-state index in [1.54, 1.807) is 11.8 Å². The average molecular weight is 380 g/mol. The Morgan fingerprint density at radius 2 is 1.70 bits per heavy atom. The van der Waals surface area contributed by atoms with Crippen molar-refractivity contribution < 1.29 is 4.79 Å². The average Bonchev–Trinajstić information content (AvgIpc) is 3.11. The minimum atomic E-state index is -0.0422.